The lowest BCUT2D eigenvalue weighted by molar-refractivity contribution is 0.123. The standard InChI is InChI=1S/C20H31N3O/c1-2-21-20(22-12-6-14-24-16-17-9-10-17)23-13-11-19(15-23)18-7-4-3-5-8-18/h3-5,7-8,17,19H,2,6,9-16H2,1H3,(H,21,22). The Morgan fingerprint density at radius 1 is 1.25 bits per heavy atom. The van der Waals surface area contributed by atoms with Gasteiger partial charge in [-0.15, -0.1) is 0 Å². The Bertz CT molecular complexity index is 513. The first-order chi connectivity index (χ1) is 11.9. The van der Waals surface area contributed by atoms with E-state index in [1.807, 2.05) is 0 Å². The summed E-state index contributed by atoms with van der Waals surface area (Å²) in [6.07, 6.45) is 4.94. The molecule has 0 radical (unpaired) electrons. The fraction of sp³-hybridized carbons (Fsp3) is 0.650. The number of rotatable bonds is 8. The van der Waals surface area contributed by atoms with Crippen LogP contribution in [0, 0.1) is 5.92 Å². The van der Waals surface area contributed by atoms with Gasteiger partial charge in [0.2, 0.25) is 0 Å². The van der Waals surface area contributed by atoms with Crippen molar-refractivity contribution in [1.29, 1.82) is 0 Å². The van der Waals surface area contributed by atoms with Crippen molar-refractivity contribution in [3.8, 4) is 0 Å². The number of ether oxygens (including phenoxy) is 1. The Kier molecular flexibility index (Phi) is 6.53. The molecule has 24 heavy (non-hydrogen) atoms. The smallest absolute Gasteiger partial charge is 0.193 e. The molecule has 132 valence electrons. The minimum Gasteiger partial charge on any atom is -0.381 e. The summed E-state index contributed by atoms with van der Waals surface area (Å²) < 4.78 is 5.70. The lowest BCUT2D eigenvalue weighted by Gasteiger charge is -2.21. The SMILES string of the molecule is CCNC(=NCCCOCC1CC1)N1CCC(c2ccccc2)C1. The highest BCUT2D eigenvalue weighted by Crippen LogP contribution is 2.29. The van der Waals surface area contributed by atoms with E-state index in [4.69, 9.17) is 9.73 Å². The van der Waals surface area contributed by atoms with Crippen molar-refractivity contribution >= 4 is 5.96 Å². The molecule has 2 aliphatic rings. The third-order valence-corrected chi connectivity index (χ3v) is 4.85. The zero-order chi connectivity index (χ0) is 16.6. The van der Waals surface area contributed by atoms with Crippen LogP contribution in [-0.2, 0) is 4.74 Å². The Balaban J connectivity index is 1.44. The summed E-state index contributed by atoms with van der Waals surface area (Å²) in [6, 6.07) is 10.9. The molecule has 4 nitrogen and oxygen atoms in total. The minimum atomic E-state index is 0.622. The number of aliphatic imine (C=N–C) groups is 1. The number of nitrogens with zero attached hydrogens (tertiary/aromatic N) is 2. The maximum absolute atomic E-state index is 5.70. The number of nitrogens with one attached hydrogen (secondary N) is 1. The average molecular weight is 329 g/mol. The van der Waals surface area contributed by atoms with Gasteiger partial charge >= 0.3 is 0 Å². The molecule has 0 spiro atoms. The molecule has 0 bridgehead atoms. The van der Waals surface area contributed by atoms with E-state index in [0.29, 0.717) is 5.92 Å². The Morgan fingerprint density at radius 3 is 2.83 bits per heavy atom. The van der Waals surface area contributed by atoms with Gasteiger partial charge in [-0.3, -0.25) is 4.99 Å². The maximum Gasteiger partial charge on any atom is 0.193 e. The van der Waals surface area contributed by atoms with Gasteiger partial charge in [-0.25, -0.2) is 0 Å². The molecule has 1 saturated heterocycles. The lowest BCUT2D eigenvalue weighted by atomic mass is 9.99. The quantitative estimate of drug-likeness (QED) is 0.452. The van der Waals surface area contributed by atoms with Crippen LogP contribution in [0.1, 0.15) is 44.1 Å². The topological polar surface area (TPSA) is 36.9 Å². The molecule has 3 rings (SSSR count). The molecule has 1 unspecified atom stereocenters. The normalized spacial score (nSPS) is 21.3. The first-order valence-corrected chi connectivity index (χ1v) is 9.52. The van der Waals surface area contributed by atoms with Gasteiger partial charge in [0.05, 0.1) is 0 Å². The van der Waals surface area contributed by atoms with E-state index in [1.165, 1.54) is 24.8 Å². The second-order valence-corrected chi connectivity index (χ2v) is 6.95. The van der Waals surface area contributed by atoms with Crippen LogP contribution < -0.4 is 5.32 Å². The molecule has 2 fully saturated rings. The summed E-state index contributed by atoms with van der Waals surface area (Å²) in [5, 5.41) is 3.45. The largest absolute Gasteiger partial charge is 0.381 e. The van der Waals surface area contributed by atoms with E-state index in [2.05, 4.69) is 47.5 Å². The van der Waals surface area contributed by atoms with E-state index in [0.717, 1.165) is 57.7 Å². The van der Waals surface area contributed by atoms with Crippen molar-refractivity contribution in [1.82, 2.24) is 10.2 Å². The molecule has 1 aliphatic heterocycles. The molecule has 1 atom stereocenters. The van der Waals surface area contributed by atoms with E-state index in [1.54, 1.807) is 0 Å². The molecule has 0 aromatic heterocycles. The van der Waals surface area contributed by atoms with E-state index < -0.39 is 0 Å². The van der Waals surface area contributed by atoms with Crippen LogP contribution in [-0.4, -0.2) is 50.3 Å². The number of likely N-dealkylation sites (tertiary alicyclic amines) is 1. The highest BCUT2D eigenvalue weighted by molar-refractivity contribution is 5.80. The molecule has 1 aromatic carbocycles. The fourth-order valence-electron chi connectivity index (χ4n) is 3.26. The molecule has 1 aromatic rings. The predicted octanol–water partition coefficient (Wildman–Crippen LogP) is 3.26. The van der Waals surface area contributed by atoms with E-state index >= 15 is 0 Å². The second-order valence-electron chi connectivity index (χ2n) is 6.95. The third-order valence-electron chi connectivity index (χ3n) is 4.85. The summed E-state index contributed by atoms with van der Waals surface area (Å²) in [7, 11) is 0. The van der Waals surface area contributed by atoms with Gasteiger partial charge in [-0.05, 0) is 44.1 Å². The zero-order valence-corrected chi connectivity index (χ0v) is 14.9. The van der Waals surface area contributed by atoms with Gasteiger partial charge in [0, 0.05) is 45.3 Å². The van der Waals surface area contributed by atoms with Gasteiger partial charge in [-0.1, -0.05) is 30.3 Å². The van der Waals surface area contributed by atoms with Gasteiger partial charge in [0.25, 0.3) is 0 Å². The molecule has 1 N–H and O–H groups in total. The van der Waals surface area contributed by atoms with Crippen molar-refractivity contribution in [3.63, 3.8) is 0 Å². The van der Waals surface area contributed by atoms with Crippen LogP contribution in [0.3, 0.4) is 0 Å². The number of hydrogen-bond acceptors (Lipinski definition) is 2. The number of hydrogen-bond donors (Lipinski definition) is 1. The summed E-state index contributed by atoms with van der Waals surface area (Å²) in [6.45, 7) is 7.85. The number of benzene rings is 1. The van der Waals surface area contributed by atoms with Gasteiger partial charge in [0.15, 0.2) is 5.96 Å². The molecular weight excluding hydrogens is 298 g/mol. The highest BCUT2D eigenvalue weighted by Gasteiger charge is 2.25. The summed E-state index contributed by atoms with van der Waals surface area (Å²) >= 11 is 0. The predicted molar refractivity (Wildman–Crippen MR) is 99.5 cm³/mol. The van der Waals surface area contributed by atoms with Crippen molar-refractivity contribution in [3.05, 3.63) is 35.9 Å². The van der Waals surface area contributed by atoms with Gasteiger partial charge in [0.1, 0.15) is 0 Å². The first kappa shape index (κ1) is 17.3. The average Bonchev–Trinajstić information content (AvgIpc) is 3.31. The van der Waals surface area contributed by atoms with Crippen molar-refractivity contribution in [2.75, 3.05) is 39.4 Å². The number of guanidine groups is 1. The molecule has 1 saturated carbocycles. The molecule has 1 heterocycles. The van der Waals surface area contributed by atoms with Crippen LogP contribution >= 0.6 is 0 Å². The molecular formula is C20H31N3O. The second kappa shape index (κ2) is 9.07. The summed E-state index contributed by atoms with van der Waals surface area (Å²) in [4.78, 5) is 7.22. The highest BCUT2D eigenvalue weighted by atomic mass is 16.5. The summed E-state index contributed by atoms with van der Waals surface area (Å²) in [5.41, 5.74) is 1.45. The van der Waals surface area contributed by atoms with Crippen LogP contribution in [0.15, 0.2) is 35.3 Å². The first-order valence-electron chi connectivity index (χ1n) is 9.52. The van der Waals surface area contributed by atoms with Crippen molar-refractivity contribution in [2.45, 2.75) is 38.5 Å². The van der Waals surface area contributed by atoms with Gasteiger partial charge < -0.3 is 15.0 Å². The maximum atomic E-state index is 5.70. The van der Waals surface area contributed by atoms with Crippen molar-refractivity contribution < 1.29 is 4.74 Å². The van der Waals surface area contributed by atoms with Crippen molar-refractivity contribution in [2.24, 2.45) is 10.9 Å². The lowest BCUT2D eigenvalue weighted by Crippen LogP contribution is -2.40. The van der Waals surface area contributed by atoms with Crippen LogP contribution in [0.5, 0.6) is 0 Å². The molecule has 4 heteroatoms. The summed E-state index contributed by atoms with van der Waals surface area (Å²) in [5.74, 6) is 2.54. The molecule has 1 aliphatic carbocycles. The molecule has 0 amide bonds. The van der Waals surface area contributed by atoms with Crippen LogP contribution in [0.2, 0.25) is 0 Å². The van der Waals surface area contributed by atoms with Crippen LogP contribution in [0.25, 0.3) is 0 Å². The zero-order valence-electron chi connectivity index (χ0n) is 14.9. The minimum absolute atomic E-state index is 0.622. The van der Waals surface area contributed by atoms with Gasteiger partial charge in [-0.2, -0.15) is 0 Å². The monoisotopic (exact) mass is 329 g/mol. The van der Waals surface area contributed by atoms with Crippen LogP contribution in [0.4, 0.5) is 0 Å². The Hall–Kier alpha value is -1.55. The third kappa shape index (κ3) is 5.23. The Labute approximate surface area is 146 Å². The van der Waals surface area contributed by atoms with E-state index in [-0.39, 0.29) is 0 Å². The Morgan fingerprint density at radius 2 is 2.08 bits per heavy atom. The van der Waals surface area contributed by atoms with E-state index in [9.17, 15) is 0 Å². The fourth-order valence-corrected chi connectivity index (χ4v) is 3.26.